The third kappa shape index (κ3) is 6.43. The molecule has 2 N–H and O–H groups in total. The van der Waals surface area contributed by atoms with E-state index in [0.29, 0.717) is 90.8 Å². The van der Waals surface area contributed by atoms with Crippen molar-refractivity contribution in [3.63, 3.8) is 0 Å². The molecule has 0 aromatic heterocycles. The molecule has 3 heterocycles. The van der Waals surface area contributed by atoms with Gasteiger partial charge in [0.1, 0.15) is 5.75 Å². The molecule has 180 valence electrons. The number of anilines is 1. The van der Waals surface area contributed by atoms with E-state index >= 15 is 0 Å². The molecule has 3 aliphatic heterocycles. The second kappa shape index (κ2) is 11.0. The summed E-state index contributed by atoms with van der Waals surface area (Å²) in [5.74, 6) is 0.146. The number of hydrogen-bond acceptors (Lipinski definition) is 7. The quantitative estimate of drug-likeness (QED) is 0.561. The highest BCUT2D eigenvalue weighted by Crippen LogP contribution is 2.20. The first kappa shape index (κ1) is 23.5. The van der Waals surface area contributed by atoms with Crippen molar-refractivity contribution >= 4 is 23.4 Å². The fraction of sp³-hybridized carbons (Fsp3) is 0.609. The minimum Gasteiger partial charge on any atom is -0.508 e. The van der Waals surface area contributed by atoms with Crippen LogP contribution < -0.4 is 5.32 Å². The highest BCUT2D eigenvalue weighted by atomic mass is 16.5. The van der Waals surface area contributed by atoms with Crippen molar-refractivity contribution in [1.29, 1.82) is 0 Å². The third-order valence-electron chi connectivity index (χ3n) is 6.58. The predicted molar refractivity (Wildman–Crippen MR) is 122 cm³/mol. The smallest absolute Gasteiger partial charge is 0.236 e. The number of amides is 3. The van der Waals surface area contributed by atoms with E-state index in [0.717, 1.165) is 0 Å². The molecule has 0 saturated carbocycles. The standard InChI is InChI=1S/C23H33N5O5/c29-20-3-1-19(2-4-20)24-23(32)18-5-6-26(15-18)17-22(31)27-9-7-25(8-10-27)16-21(30)28-11-13-33-14-12-28/h1-4,18,29H,5-17H2,(H,24,32)/t18-/m1/s1. The van der Waals surface area contributed by atoms with Gasteiger partial charge in [-0.15, -0.1) is 0 Å². The Balaban J connectivity index is 1.16. The predicted octanol–water partition coefficient (Wildman–Crippen LogP) is -0.344. The van der Waals surface area contributed by atoms with Crippen molar-refractivity contribution in [2.24, 2.45) is 5.92 Å². The Morgan fingerprint density at radius 1 is 0.848 bits per heavy atom. The summed E-state index contributed by atoms with van der Waals surface area (Å²) >= 11 is 0. The molecule has 0 radical (unpaired) electrons. The first-order chi connectivity index (χ1) is 16.0. The van der Waals surface area contributed by atoms with Gasteiger partial charge >= 0.3 is 0 Å². The summed E-state index contributed by atoms with van der Waals surface area (Å²) in [5, 5.41) is 12.2. The number of phenolic OH excluding ortho intramolecular Hbond substituents is 1. The van der Waals surface area contributed by atoms with Crippen LogP contribution >= 0.6 is 0 Å². The number of benzene rings is 1. The normalized spacial score (nSPS) is 22.4. The van der Waals surface area contributed by atoms with Gasteiger partial charge in [0.2, 0.25) is 17.7 Å². The molecule has 10 heteroatoms. The maximum atomic E-state index is 12.8. The molecule has 3 aliphatic rings. The summed E-state index contributed by atoms with van der Waals surface area (Å²) in [6.45, 7) is 7.12. The van der Waals surface area contributed by atoms with Gasteiger partial charge in [-0.3, -0.25) is 24.2 Å². The number of nitrogens with one attached hydrogen (secondary N) is 1. The van der Waals surface area contributed by atoms with Gasteiger partial charge in [0, 0.05) is 51.5 Å². The summed E-state index contributed by atoms with van der Waals surface area (Å²) in [4.78, 5) is 45.6. The monoisotopic (exact) mass is 459 g/mol. The molecule has 0 unspecified atom stereocenters. The zero-order valence-corrected chi connectivity index (χ0v) is 18.9. The maximum Gasteiger partial charge on any atom is 0.236 e. The van der Waals surface area contributed by atoms with Crippen molar-refractivity contribution < 1.29 is 24.2 Å². The molecule has 0 bridgehead atoms. The van der Waals surface area contributed by atoms with E-state index in [4.69, 9.17) is 4.74 Å². The second-order valence-electron chi connectivity index (χ2n) is 8.91. The molecular formula is C23H33N5O5. The Hall–Kier alpha value is -2.69. The Labute approximate surface area is 194 Å². The van der Waals surface area contributed by atoms with Crippen LogP contribution in [0.3, 0.4) is 0 Å². The van der Waals surface area contributed by atoms with Crippen LogP contribution in [-0.2, 0) is 19.1 Å². The van der Waals surface area contributed by atoms with Crippen LogP contribution in [0.25, 0.3) is 0 Å². The van der Waals surface area contributed by atoms with Crippen molar-refractivity contribution in [3.8, 4) is 5.75 Å². The molecule has 1 aromatic rings. The number of carbonyl (C=O) groups excluding carboxylic acids is 3. The number of hydrogen-bond donors (Lipinski definition) is 2. The SMILES string of the molecule is O=C(Nc1ccc(O)cc1)[C@@H]1CCN(CC(=O)N2CCN(CC(=O)N3CCOCC3)CC2)C1. The van der Waals surface area contributed by atoms with Crippen LogP contribution in [0.2, 0.25) is 0 Å². The van der Waals surface area contributed by atoms with Gasteiger partial charge in [-0.05, 0) is 37.2 Å². The average Bonchev–Trinajstić information content (AvgIpc) is 3.30. The highest BCUT2D eigenvalue weighted by Gasteiger charge is 2.31. The van der Waals surface area contributed by atoms with Gasteiger partial charge in [0.25, 0.3) is 0 Å². The van der Waals surface area contributed by atoms with E-state index in [-0.39, 0.29) is 29.4 Å². The molecule has 4 rings (SSSR count). The lowest BCUT2D eigenvalue weighted by Gasteiger charge is -2.36. The lowest BCUT2D eigenvalue weighted by molar-refractivity contribution is -0.138. The molecule has 3 saturated heterocycles. The van der Waals surface area contributed by atoms with Crippen LogP contribution in [-0.4, -0.2) is 121 Å². The van der Waals surface area contributed by atoms with Gasteiger partial charge in [0.15, 0.2) is 0 Å². The van der Waals surface area contributed by atoms with Gasteiger partial charge in [-0.2, -0.15) is 0 Å². The van der Waals surface area contributed by atoms with Crippen LogP contribution in [0.5, 0.6) is 5.75 Å². The van der Waals surface area contributed by atoms with Gasteiger partial charge < -0.3 is 25.0 Å². The molecule has 1 aromatic carbocycles. The van der Waals surface area contributed by atoms with E-state index in [9.17, 15) is 19.5 Å². The Morgan fingerprint density at radius 2 is 1.45 bits per heavy atom. The second-order valence-corrected chi connectivity index (χ2v) is 8.91. The molecule has 3 fully saturated rings. The molecule has 0 spiro atoms. The van der Waals surface area contributed by atoms with E-state index in [1.165, 1.54) is 12.1 Å². The molecule has 3 amide bonds. The summed E-state index contributed by atoms with van der Waals surface area (Å²) in [6.07, 6.45) is 0.717. The molecule has 1 atom stereocenters. The lowest BCUT2D eigenvalue weighted by Crippen LogP contribution is -2.54. The average molecular weight is 460 g/mol. The molecule has 33 heavy (non-hydrogen) atoms. The maximum absolute atomic E-state index is 12.8. The first-order valence-electron chi connectivity index (χ1n) is 11.7. The van der Waals surface area contributed by atoms with E-state index in [1.807, 2.05) is 14.7 Å². The van der Waals surface area contributed by atoms with Crippen molar-refractivity contribution in [3.05, 3.63) is 24.3 Å². The van der Waals surface area contributed by atoms with Crippen molar-refractivity contribution in [2.75, 3.05) is 84.0 Å². The molecule has 0 aliphatic carbocycles. The number of rotatable bonds is 6. The number of morpholine rings is 1. The number of carbonyl (C=O) groups is 3. The van der Waals surface area contributed by atoms with E-state index < -0.39 is 0 Å². The van der Waals surface area contributed by atoms with Crippen LogP contribution in [0, 0.1) is 5.92 Å². The summed E-state index contributed by atoms with van der Waals surface area (Å²) in [5.41, 5.74) is 0.650. The van der Waals surface area contributed by atoms with E-state index in [1.54, 1.807) is 12.1 Å². The third-order valence-corrected chi connectivity index (χ3v) is 6.58. The first-order valence-corrected chi connectivity index (χ1v) is 11.7. The topological polar surface area (TPSA) is 106 Å². The summed E-state index contributed by atoms with van der Waals surface area (Å²) < 4.78 is 5.30. The van der Waals surface area contributed by atoms with Gasteiger partial charge in [0.05, 0.1) is 32.2 Å². The largest absolute Gasteiger partial charge is 0.508 e. The van der Waals surface area contributed by atoms with Crippen LogP contribution in [0.1, 0.15) is 6.42 Å². The zero-order chi connectivity index (χ0) is 23.2. The fourth-order valence-corrected chi connectivity index (χ4v) is 4.53. The molecular weight excluding hydrogens is 426 g/mol. The Kier molecular flexibility index (Phi) is 7.79. The number of likely N-dealkylation sites (tertiary alicyclic amines) is 1. The summed E-state index contributed by atoms with van der Waals surface area (Å²) in [7, 11) is 0. The van der Waals surface area contributed by atoms with Gasteiger partial charge in [-0.25, -0.2) is 0 Å². The van der Waals surface area contributed by atoms with Crippen molar-refractivity contribution in [1.82, 2.24) is 19.6 Å². The van der Waals surface area contributed by atoms with E-state index in [2.05, 4.69) is 10.2 Å². The Morgan fingerprint density at radius 3 is 2.12 bits per heavy atom. The van der Waals surface area contributed by atoms with Crippen LogP contribution in [0.15, 0.2) is 24.3 Å². The minimum absolute atomic E-state index is 0.0609. The lowest BCUT2D eigenvalue weighted by atomic mass is 10.1. The minimum atomic E-state index is -0.158. The number of phenols is 1. The number of nitrogens with zero attached hydrogens (tertiary/aromatic N) is 4. The number of ether oxygens (including phenoxy) is 1. The number of aromatic hydroxyl groups is 1. The highest BCUT2D eigenvalue weighted by molar-refractivity contribution is 5.93. The Bertz CT molecular complexity index is 834. The molecule has 10 nitrogen and oxygen atoms in total. The zero-order valence-electron chi connectivity index (χ0n) is 18.9. The van der Waals surface area contributed by atoms with Crippen molar-refractivity contribution in [2.45, 2.75) is 6.42 Å². The fourth-order valence-electron chi connectivity index (χ4n) is 4.53. The number of piperazine rings is 1. The summed E-state index contributed by atoms with van der Waals surface area (Å²) in [6, 6.07) is 6.40. The van der Waals surface area contributed by atoms with Crippen LogP contribution in [0.4, 0.5) is 5.69 Å². The van der Waals surface area contributed by atoms with Gasteiger partial charge in [-0.1, -0.05) is 0 Å².